The number of nitrogens with zero attached hydrogens (tertiary/aromatic N) is 1. The van der Waals surface area contributed by atoms with Crippen molar-refractivity contribution < 1.29 is 14.3 Å². The van der Waals surface area contributed by atoms with E-state index in [2.05, 4.69) is 5.32 Å². The largest absolute Gasteiger partial charge is 0.484 e. The molecule has 1 aliphatic rings. The van der Waals surface area contributed by atoms with Crippen LogP contribution in [-0.4, -0.2) is 48.9 Å². The van der Waals surface area contributed by atoms with Gasteiger partial charge in [0.25, 0.3) is 5.91 Å². The van der Waals surface area contributed by atoms with Crippen molar-refractivity contribution in [2.45, 2.75) is 26.3 Å². The average Bonchev–Trinajstić information content (AvgIpc) is 2.52. The van der Waals surface area contributed by atoms with E-state index in [-0.39, 0.29) is 36.7 Å². The second kappa shape index (κ2) is 8.76. The van der Waals surface area contributed by atoms with Gasteiger partial charge in [-0.3, -0.25) is 9.59 Å². The molecule has 1 amide bonds. The third-order valence-corrected chi connectivity index (χ3v) is 3.68. The Morgan fingerprint density at radius 3 is 2.59 bits per heavy atom. The minimum atomic E-state index is -0.00212. The van der Waals surface area contributed by atoms with E-state index in [1.54, 1.807) is 24.3 Å². The van der Waals surface area contributed by atoms with Crippen LogP contribution in [0.25, 0.3) is 0 Å². The molecule has 1 fully saturated rings. The number of nitrogens with one attached hydrogen (secondary N) is 1. The number of carbonyl (C=O) groups is 2. The minimum Gasteiger partial charge on any atom is -0.484 e. The number of halogens is 1. The van der Waals surface area contributed by atoms with E-state index in [1.165, 1.54) is 0 Å². The van der Waals surface area contributed by atoms with Crippen LogP contribution in [0, 0.1) is 0 Å². The number of amides is 1. The summed E-state index contributed by atoms with van der Waals surface area (Å²) in [5.74, 6) is 0.712. The van der Waals surface area contributed by atoms with Crippen LogP contribution >= 0.6 is 12.4 Å². The maximum absolute atomic E-state index is 12.1. The maximum atomic E-state index is 12.1. The molecule has 1 N–H and O–H groups in total. The number of benzene rings is 1. The molecule has 2 rings (SSSR count). The molecule has 0 saturated carbocycles. The van der Waals surface area contributed by atoms with E-state index in [0.717, 1.165) is 13.1 Å². The van der Waals surface area contributed by atoms with Gasteiger partial charge in [0.15, 0.2) is 12.4 Å². The van der Waals surface area contributed by atoms with Crippen LogP contribution in [0.3, 0.4) is 0 Å². The number of hydrogen-bond acceptors (Lipinski definition) is 4. The molecule has 122 valence electrons. The molecule has 1 aliphatic heterocycles. The van der Waals surface area contributed by atoms with Crippen LogP contribution in [-0.2, 0) is 4.79 Å². The van der Waals surface area contributed by atoms with Gasteiger partial charge in [0.05, 0.1) is 0 Å². The second-order valence-electron chi connectivity index (χ2n) is 5.23. The number of rotatable bonds is 5. The Balaban J connectivity index is 0.00000242. The Hall–Kier alpha value is -1.59. The van der Waals surface area contributed by atoms with Crippen LogP contribution in [0.1, 0.15) is 30.6 Å². The van der Waals surface area contributed by atoms with E-state index in [1.807, 2.05) is 18.7 Å². The third-order valence-electron chi connectivity index (χ3n) is 3.68. The van der Waals surface area contributed by atoms with E-state index in [9.17, 15) is 9.59 Å². The standard InChI is InChI=1S/C16H22N2O3.ClH/c1-3-15(19)13-4-6-14(7-5-13)21-11-16(20)18-9-8-17-10-12(18)2;/h4-7,12,17H,3,8-11H2,1-2H3;1H/t12-;/m0./s1. The molecular formula is C16H23ClN2O3. The summed E-state index contributed by atoms with van der Waals surface area (Å²) >= 11 is 0. The summed E-state index contributed by atoms with van der Waals surface area (Å²) in [7, 11) is 0. The van der Waals surface area contributed by atoms with Gasteiger partial charge in [-0.05, 0) is 31.2 Å². The molecule has 1 aromatic carbocycles. The second-order valence-corrected chi connectivity index (χ2v) is 5.23. The monoisotopic (exact) mass is 326 g/mol. The topological polar surface area (TPSA) is 58.6 Å². The normalized spacial score (nSPS) is 17.5. The predicted octanol–water partition coefficient (Wildman–Crippen LogP) is 1.90. The summed E-state index contributed by atoms with van der Waals surface area (Å²) in [5, 5.41) is 3.25. The van der Waals surface area contributed by atoms with Gasteiger partial charge in [-0.15, -0.1) is 12.4 Å². The van der Waals surface area contributed by atoms with Gasteiger partial charge in [-0.1, -0.05) is 6.92 Å². The molecule has 22 heavy (non-hydrogen) atoms. The molecule has 0 radical (unpaired) electrons. The lowest BCUT2D eigenvalue weighted by Gasteiger charge is -2.33. The molecule has 0 aromatic heterocycles. The maximum Gasteiger partial charge on any atom is 0.260 e. The van der Waals surface area contributed by atoms with Crippen molar-refractivity contribution in [2.75, 3.05) is 26.2 Å². The van der Waals surface area contributed by atoms with Crippen molar-refractivity contribution in [1.29, 1.82) is 0 Å². The lowest BCUT2D eigenvalue weighted by atomic mass is 10.1. The number of carbonyl (C=O) groups excluding carboxylic acids is 2. The summed E-state index contributed by atoms with van der Waals surface area (Å²) in [5.41, 5.74) is 0.673. The highest BCUT2D eigenvalue weighted by Crippen LogP contribution is 2.14. The first-order chi connectivity index (χ1) is 10.1. The zero-order valence-electron chi connectivity index (χ0n) is 13.0. The zero-order valence-corrected chi connectivity index (χ0v) is 13.8. The van der Waals surface area contributed by atoms with E-state index < -0.39 is 0 Å². The SMILES string of the molecule is CCC(=O)c1ccc(OCC(=O)N2CCNC[C@@H]2C)cc1.Cl. The molecule has 5 nitrogen and oxygen atoms in total. The first kappa shape index (κ1) is 18.5. The lowest BCUT2D eigenvalue weighted by molar-refractivity contribution is -0.136. The molecular weight excluding hydrogens is 304 g/mol. The van der Waals surface area contributed by atoms with Crippen molar-refractivity contribution in [3.63, 3.8) is 0 Å². The summed E-state index contributed by atoms with van der Waals surface area (Å²) in [6.07, 6.45) is 0.486. The number of piperazine rings is 1. The van der Waals surface area contributed by atoms with Gasteiger partial charge in [-0.25, -0.2) is 0 Å². The number of ether oxygens (including phenoxy) is 1. The first-order valence-electron chi connectivity index (χ1n) is 7.38. The van der Waals surface area contributed by atoms with Crippen LogP contribution in [0.5, 0.6) is 5.75 Å². The fraction of sp³-hybridized carbons (Fsp3) is 0.500. The zero-order chi connectivity index (χ0) is 15.2. The summed E-state index contributed by atoms with van der Waals surface area (Å²) in [4.78, 5) is 25.5. The summed E-state index contributed by atoms with van der Waals surface area (Å²) < 4.78 is 5.51. The van der Waals surface area contributed by atoms with Crippen molar-refractivity contribution >= 4 is 24.1 Å². The summed E-state index contributed by atoms with van der Waals surface area (Å²) in [6, 6.07) is 7.13. The van der Waals surface area contributed by atoms with E-state index in [0.29, 0.717) is 24.3 Å². The van der Waals surface area contributed by atoms with Crippen molar-refractivity contribution in [2.24, 2.45) is 0 Å². The smallest absolute Gasteiger partial charge is 0.260 e. The van der Waals surface area contributed by atoms with E-state index in [4.69, 9.17) is 4.74 Å². The Morgan fingerprint density at radius 2 is 2.00 bits per heavy atom. The van der Waals surface area contributed by atoms with Crippen LogP contribution in [0.15, 0.2) is 24.3 Å². The fourth-order valence-electron chi connectivity index (χ4n) is 2.38. The van der Waals surface area contributed by atoms with Crippen LogP contribution in [0.2, 0.25) is 0 Å². The Kier molecular flexibility index (Phi) is 7.35. The van der Waals surface area contributed by atoms with Crippen LogP contribution < -0.4 is 10.1 Å². The molecule has 1 heterocycles. The number of hydrogen-bond donors (Lipinski definition) is 1. The van der Waals surface area contributed by atoms with Crippen molar-refractivity contribution in [1.82, 2.24) is 10.2 Å². The molecule has 6 heteroatoms. The molecule has 1 atom stereocenters. The van der Waals surface area contributed by atoms with Gasteiger partial charge < -0.3 is 15.0 Å². The van der Waals surface area contributed by atoms with Crippen molar-refractivity contribution in [3.05, 3.63) is 29.8 Å². The van der Waals surface area contributed by atoms with Crippen LogP contribution in [0.4, 0.5) is 0 Å². The van der Waals surface area contributed by atoms with Gasteiger partial charge >= 0.3 is 0 Å². The Bertz CT molecular complexity index is 505. The number of Topliss-reactive ketones (excluding diaryl/α,β-unsaturated/α-hetero) is 1. The molecule has 0 bridgehead atoms. The lowest BCUT2D eigenvalue weighted by Crippen LogP contribution is -2.53. The van der Waals surface area contributed by atoms with Gasteiger partial charge in [0.1, 0.15) is 5.75 Å². The highest BCUT2D eigenvalue weighted by atomic mass is 35.5. The fourth-order valence-corrected chi connectivity index (χ4v) is 2.38. The van der Waals surface area contributed by atoms with Gasteiger partial charge in [0, 0.05) is 37.7 Å². The molecule has 1 aromatic rings. The Morgan fingerprint density at radius 1 is 1.32 bits per heavy atom. The van der Waals surface area contributed by atoms with E-state index >= 15 is 0 Å². The Labute approximate surface area is 137 Å². The predicted molar refractivity (Wildman–Crippen MR) is 87.9 cm³/mol. The molecule has 0 aliphatic carbocycles. The summed E-state index contributed by atoms with van der Waals surface area (Å²) in [6.45, 7) is 6.25. The first-order valence-corrected chi connectivity index (χ1v) is 7.38. The molecule has 0 unspecified atom stereocenters. The highest BCUT2D eigenvalue weighted by Gasteiger charge is 2.23. The average molecular weight is 327 g/mol. The van der Waals surface area contributed by atoms with Gasteiger partial charge in [-0.2, -0.15) is 0 Å². The van der Waals surface area contributed by atoms with Crippen molar-refractivity contribution in [3.8, 4) is 5.75 Å². The third kappa shape index (κ3) is 4.71. The molecule has 1 saturated heterocycles. The number of ketones is 1. The molecule has 0 spiro atoms. The highest BCUT2D eigenvalue weighted by molar-refractivity contribution is 5.95. The van der Waals surface area contributed by atoms with Gasteiger partial charge in [0.2, 0.25) is 0 Å². The quantitative estimate of drug-likeness (QED) is 0.840. The minimum absolute atomic E-state index is 0.